The molecule has 0 bridgehead atoms. The van der Waals surface area contributed by atoms with Crippen LogP contribution in [0.1, 0.15) is 46.5 Å². The van der Waals surface area contributed by atoms with Crippen LogP contribution in [0.15, 0.2) is 0 Å². The predicted octanol–water partition coefficient (Wildman–Crippen LogP) is 3.54. The summed E-state index contributed by atoms with van der Waals surface area (Å²) < 4.78 is 0.389. The van der Waals surface area contributed by atoms with E-state index in [9.17, 15) is 0 Å². The second-order valence-electron chi connectivity index (χ2n) is 5.73. The average molecular weight is 229 g/mol. The molecule has 90 valence electrons. The van der Waals surface area contributed by atoms with E-state index in [1.54, 1.807) is 0 Å². The van der Waals surface area contributed by atoms with Gasteiger partial charge in [-0.2, -0.15) is 11.8 Å². The molecule has 2 unspecified atom stereocenters. The van der Waals surface area contributed by atoms with Gasteiger partial charge >= 0.3 is 0 Å². The third-order valence-electron chi connectivity index (χ3n) is 3.58. The fraction of sp³-hybridized carbons (Fsp3) is 1.00. The van der Waals surface area contributed by atoms with Crippen LogP contribution >= 0.6 is 11.8 Å². The van der Waals surface area contributed by atoms with Crippen molar-refractivity contribution in [2.45, 2.75) is 51.2 Å². The summed E-state index contributed by atoms with van der Waals surface area (Å²) in [4.78, 5) is 0. The second-order valence-corrected chi connectivity index (χ2v) is 7.25. The lowest BCUT2D eigenvalue weighted by Crippen LogP contribution is -2.36. The first-order chi connectivity index (χ1) is 7.03. The van der Waals surface area contributed by atoms with Gasteiger partial charge in [-0.1, -0.05) is 19.8 Å². The Kier molecular flexibility index (Phi) is 5.48. The van der Waals surface area contributed by atoms with E-state index in [2.05, 4.69) is 32.3 Å². The molecule has 1 aliphatic carbocycles. The Bertz CT molecular complexity index is 179. The van der Waals surface area contributed by atoms with Gasteiger partial charge in [-0.15, -0.1) is 0 Å². The van der Waals surface area contributed by atoms with Crippen molar-refractivity contribution < 1.29 is 0 Å². The predicted molar refractivity (Wildman–Crippen MR) is 71.6 cm³/mol. The van der Waals surface area contributed by atoms with Crippen LogP contribution in [-0.4, -0.2) is 24.1 Å². The van der Waals surface area contributed by atoms with Gasteiger partial charge in [0.05, 0.1) is 0 Å². The number of nitrogens with one attached hydrogen (secondary N) is 1. The molecule has 0 radical (unpaired) electrons. The molecule has 1 rings (SSSR count). The molecule has 2 atom stereocenters. The van der Waals surface area contributed by atoms with Gasteiger partial charge < -0.3 is 5.32 Å². The second kappa shape index (κ2) is 6.15. The number of rotatable bonds is 5. The number of hydrogen-bond donors (Lipinski definition) is 1. The zero-order valence-electron chi connectivity index (χ0n) is 10.8. The lowest BCUT2D eigenvalue weighted by atomic mass is 9.82. The van der Waals surface area contributed by atoms with Crippen molar-refractivity contribution in [3.05, 3.63) is 0 Å². The van der Waals surface area contributed by atoms with Crippen LogP contribution in [0.25, 0.3) is 0 Å². The summed E-state index contributed by atoms with van der Waals surface area (Å²) in [5, 5.41) is 3.65. The van der Waals surface area contributed by atoms with Crippen LogP contribution in [0.3, 0.4) is 0 Å². The molecule has 0 aromatic heterocycles. The van der Waals surface area contributed by atoms with Crippen molar-refractivity contribution in [3.8, 4) is 0 Å². The highest BCUT2D eigenvalue weighted by molar-refractivity contribution is 7.99. The van der Waals surface area contributed by atoms with Crippen LogP contribution in [0, 0.1) is 11.8 Å². The number of hydrogen-bond acceptors (Lipinski definition) is 2. The first kappa shape index (κ1) is 13.4. The molecule has 0 saturated heterocycles. The Morgan fingerprint density at radius 2 is 2.07 bits per heavy atom. The highest BCUT2D eigenvalue weighted by atomic mass is 32.2. The van der Waals surface area contributed by atoms with E-state index >= 15 is 0 Å². The van der Waals surface area contributed by atoms with Gasteiger partial charge in [-0.25, -0.2) is 0 Å². The van der Waals surface area contributed by atoms with Crippen LogP contribution in [-0.2, 0) is 0 Å². The van der Waals surface area contributed by atoms with Crippen molar-refractivity contribution in [1.29, 1.82) is 0 Å². The van der Waals surface area contributed by atoms with Crippen LogP contribution < -0.4 is 5.32 Å². The molecular weight excluding hydrogens is 202 g/mol. The summed E-state index contributed by atoms with van der Waals surface area (Å²) >= 11 is 1.95. The Morgan fingerprint density at radius 3 is 2.67 bits per heavy atom. The molecule has 0 amide bonds. The standard InChI is InChI=1S/C13H27NS/c1-11-6-5-7-12(8-11)9-14-10-13(2,3)15-4/h11-12,14H,5-10H2,1-4H3. The molecule has 0 spiro atoms. The van der Waals surface area contributed by atoms with Gasteiger partial charge in [0.2, 0.25) is 0 Å². The van der Waals surface area contributed by atoms with Crippen molar-refractivity contribution >= 4 is 11.8 Å². The monoisotopic (exact) mass is 229 g/mol. The Morgan fingerprint density at radius 1 is 1.33 bits per heavy atom. The third kappa shape index (κ3) is 5.26. The lowest BCUT2D eigenvalue weighted by Gasteiger charge is -2.29. The highest BCUT2D eigenvalue weighted by Gasteiger charge is 2.20. The summed E-state index contributed by atoms with van der Waals surface area (Å²) in [6.45, 7) is 9.40. The van der Waals surface area contributed by atoms with Gasteiger partial charge in [0, 0.05) is 11.3 Å². The van der Waals surface area contributed by atoms with E-state index in [0.29, 0.717) is 4.75 Å². The molecule has 1 N–H and O–H groups in total. The van der Waals surface area contributed by atoms with Crippen LogP contribution in [0.4, 0.5) is 0 Å². The van der Waals surface area contributed by atoms with E-state index in [1.165, 1.54) is 32.2 Å². The first-order valence-electron chi connectivity index (χ1n) is 6.29. The number of thioether (sulfide) groups is 1. The Hall–Kier alpha value is 0.310. The average Bonchev–Trinajstić information content (AvgIpc) is 2.18. The van der Waals surface area contributed by atoms with Crippen molar-refractivity contribution in [2.75, 3.05) is 19.3 Å². The third-order valence-corrected chi connectivity index (χ3v) is 4.83. The largest absolute Gasteiger partial charge is 0.315 e. The summed E-state index contributed by atoms with van der Waals surface area (Å²) in [7, 11) is 0. The molecule has 0 aromatic rings. The fourth-order valence-electron chi connectivity index (χ4n) is 2.39. The van der Waals surface area contributed by atoms with Gasteiger partial charge in [-0.3, -0.25) is 0 Å². The molecular formula is C13H27NS. The molecule has 0 aromatic carbocycles. The first-order valence-corrected chi connectivity index (χ1v) is 7.52. The van der Waals surface area contributed by atoms with Crippen LogP contribution in [0.2, 0.25) is 0 Å². The van der Waals surface area contributed by atoms with Crippen molar-refractivity contribution in [3.63, 3.8) is 0 Å². The zero-order chi connectivity index (χ0) is 11.3. The molecule has 1 fully saturated rings. The van der Waals surface area contributed by atoms with Crippen molar-refractivity contribution in [2.24, 2.45) is 11.8 Å². The Balaban J connectivity index is 2.14. The van der Waals surface area contributed by atoms with Gasteiger partial charge in [-0.05, 0) is 51.3 Å². The van der Waals surface area contributed by atoms with E-state index < -0.39 is 0 Å². The van der Waals surface area contributed by atoms with Crippen LogP contribution in [0.5, 0.6) is 0 Å². The minimum absolute atomic E-state index is 0.389. The molecule has 15 heavy (non-hydrogen) atoms. The van der Waals surface area contributed by atoms with Gasteiger partial charge in [0.25, 0.3) is 0 Å². The molecule has 0 aliphatic heterocycles. The quantitative estimate of drug-likeness (QED) is 0.774. The molecule has 1 aliphatic rings. The topological polar surface area (TPSA) is 12.0 Å². The summed E-state index contributed by atoms with van der Waals surface area (Å²) in [5.41, 5.74) is 0. The van der Waals surface area contributed by atoms with Crippen molar-refractivity contribution in [1.82, 2.24) is 5.32 Å². The molecule has 2 heteroatoms. The summed E-state index contributed by atoms with van der Waals surface area (Å²) in [5.74, 6) is 1.89. The van der Waals surface area contributed by atoms with Gasteiger partial charge in [0.15, 0.2) is 0 Å². The van der Waals surface area contributed by atoms with E-state index in [4.69, 9.17) is 0 Å². The van der Waals surface area contributed by atoms with Gasteiger partial charge in [0.1, 0.15) is 0 Å². The Labute approximate surface area is 99.8 Å². The van der Waals surface area contributed by atoms with E-state index in [1.807, 2.05) is 11.8 Å². The minimum atomic E-state index is 0.389. The SMILES string of the molecule is CSC(C)(C)CNCC1CCCC(C)C1. The summed E-state index contributed by atoms with van der Waals surface area (Å²) in [6, 6.07) is 0. The summed E-state index contributed by atoms with van der Waals surface area (Å²) in [6.07, 6.45) is 7.97. The maximum Gasteiger partial charge on any atom is 0.0225 e. The smallest absolute Gasteiger partial charge is 0.0225 e. The molecule has 1 nitrogen and oxygen atoms in total. The van der Waals surface area contributed by atoms with E-state index in [0.717, 1.165) is 18.4 Å². The molecule has 0 heterocycles. The lowest BCUT2D eigenvalue weighted by molar-refractivity contribution is 0.273. The normalized spacial score (nSPS) is 28.0. The fourth-order valence-corrected chi connectivity index (χ4v) is 2.64. The zero-order valence-corrected chi connectivity index (χ0v) is 11.6. The maximum atomic E-state index is 3.65. The maximum absolute atomic E-state index is 3.65. The highest BCUT2D eigenvalue weighted by Crippen LogP contribution is 2.28. The van der Waals surface area contributed by atoms with E-state index in [-0.39, 0.29) is 0 Å². The molecule has 1 saturated carbocycles. The minimum Gasteiger partial charge on any atom is -0.315 e.